The zero-order chi connectivity index (χ0) is 19.8. The van der Waals surface area contributed by atoms with Gasteiger partial charge in [0.25, 0.3) is 0 Å². The van der Waals surface area contributed by atoms with Gasteiger partial charge >= 0.3 is 12.1 Å². The van der Waals surface area contributed by atoms with Gasteiger partial charge in [0.1, 0.15) is 0 Å². The fraction of sp³-hybridized carbons (Fsp3) is 0.619. The first-order valence-electron chi connectivity index (χ1n) is 10.4. The van der Waals surface area contributed by atoms with Crippen LogP contribution in [0.2, 0.25) is 0 Å². The Balaban J connectivity index is 1.34. The fourth-order valence-electron chi connectivity index (χ4n) is 3.99. The highest BCUT2D eigenvalue weighted by Crippen LogP contribution is 2.19. The van der Waals surface area contributed by atoms with Gasteiger partial charge in [0.2, 0.25) is 0 Å². The maximum Gasteiger partial charge on any atom is 0.409 e. The number of hydrogen-bond donors (Lipinski definition) is 1. The van der Waals surface area contributed by atoms with Crippen LogP contribution >= 0.6 is 0 Å². The Morgan fingerprint density at radius 1 is 1.00 bits per heavy atom. The minimum absolute atomic E-state index is 0.0349. The molecule has 3 amide bonds. The van der Waals surface area contributed by atoms with E-state index in [-0.39, 0.29) is 12.1 Å². The third kappa shape index (κ3) is 5.61. The van der Waals surface area contributed by atoms with E-state index in [1.165, 1.54) is 5.56 Å². The van der Waals surface area contributed by atoms with Crippen LogP contribution in [-0.2, 0) is 11.2 Å². The Labute approximate surface area is 167 Å². The third-order valence-corrected chi connectivity index (χ3v) is 5.64. The molecule has 3 rings (SSSR count). The molecule has 2 aliphatic heterocycles. The molecule has 0 aromatic heterocycles. The summed E-state index contributed by atoms with van der Waals surface area (Å²) in [6, 6.07) is 10.7. The van der Waals surface area contributed by atoms with Crippen molar-refractivity contribution in [2.45, 2.75) is 32.2 Å². The predicted molar refractivity (Wildman–Crippen MR) is 108 cm³/mol. The quantitative estimate of drug-likeness (QED) is 0.840. The van der Waals surface area contributed by atoms with Crippen molar-refractivity contribution in [3.8, 4) is 0 Å². The number of likely N-dealkylation sites (tertiary alicyclic amines) is 1. The van der Waals surface area contributed by atoms with E-state index in [0.29, 0.717) is 19.2 Å². The Bertz CT molecular complexity index is 624. The maximum atomic E-state index is 12.4. The van der Waals surface area contributed by atoms with Crippen molar-refractivity contribution in [2.75, 3.05) is 52.4 Å². The molecule has 2 aliphatic rings. The van der Waals surface area contributed by atoms with E-state index in [1.54, 1.807) is 4.90 Å². The molecule has 154 valence electrons. The van der Waals surface area contributed by atoms with Crippen molar-refractivity contribution in [3.63, 3.8) is 0 Å². The molecule has 0 radical (unpaired) electrons. The number of hydrogen-bond acceptors (Lipinski definition) is 4. The molecule has 28 heavy (non-hydrogen) atoms. The van der Waals surface area contributed by atoms with Crippen molar-refractivity contribution in [2.24, 2.45) is 0 Å². The highest BCUT2D eigenvalue weighted by molar-refractivity contribution is 5.74. The van der Waals surface area contributed by atoms with E-state index in [4.69, 9.17) is 4.74 Å². The number of ether oxygens (including phenoxy) is 1. The fourth-order valence-corrected chi connectivity index (χ4v) is 3.99. The highest BCUT2D eigenvalue weighted by Gasteiger charge is 2.30. The summed E-state index contributed by atoms with van der Waals surface area (Å²) in [6.45, 7) is 7.75. The second kappa shape index (κ2) is 10.3. The minimum atomic E-state index is -0.196. The second-order valence-electron chi connectivity index (χ2n) is 7.41. The molecule has 1 aromatic carbocycles. The summed E-state index contributed by atoms with van der Waals surface area (Å²) in [6.07, 6.45) is 2.60. The number of piperazine rings is 1. The predicted octanol–water partition coefficient (Wildman–Crippen LogP) is 2.18. The number of urea groups is 1. The van der Waals surface area contributed by atoms with Gasteiger partial charge in [-0.25, -0.2) is 9.59 Å². The molecule has 0 aliphatic carbocycles. The van der Waals surface area contributed by atoms with E-state index in [2.05, 4.69) is 22.3 Å². The van der Waals surface area contributed by atoms with Crippen LogP contribution in [-0.4, -0.2) is 85.3 Å². The van der Waals surface area contributed by atoms with Gasteiger partial charge in [-0.15, -0.1) is 0 Å². The molecule has 0 atom stereocenters. The van der Waals surface area contributed by atoms with Gasteiger partial charge in [0.05, 0.1) is 6.61 Å². The molecule has 0 spiro atoms. The molecule has 2 fully saturated rings. The standard InChI is InChI=1S/C21H32N4O3/c1-2-28-21(27)25-12-9-19(10-13-25)23-14-16-24(17-15-23)20(26)22-11-8-18-6-4-3-5-7-18/h3-7,19H,2,8-17H2,1H3,(H,22,26). The number of benzene rings is 1. The van der Waals surface area contributed by atoms with Gasteiger partial charge in [-0.3, -0.25) is 4.90 Å². The topological polar surface area (TPSA) is 65.1 Å². The highest BCUT2D eigenvalue weighted by atomic mass is 16.6. The lowest BCUT2D eigenvalue weighted by molar-refractivity contribution is 0.0568. The molecule has 0 bridgehead atoms. The summed E-state index contributed by atoms with van der Waals surface area (Å²) >= 11 is 0. The van der Waals surface area contributed by atoms with Crippen molar-refractivity contribution in [3.05, 3.63) is 35.9 Å². The van der Waals surface area contributed by atoms with E-state index < -0.39 is 0 Å². The van der Waals surface area contributed by atoms with Gasteiger partial charge in [-0.05, 0) is 31.7 Å². The molecule has 2 saturated heterocycles. The zero-order valence-electron chi connectivity index (χ0n) is 16.8. The normalized spacial score (nSPS) is 18.8. The number of piperidine rings is 1. The molecule has 0 saturated carbocycles. The summed E-state index contributed by atoms with van der Waals surface area (Å²) in [5.41, 5.74) is 1.24. The molecule has 2 heterocycles. The third-order valence-electron chi connectivity index (χ3n) is 5.64. The maximum absolute atomic E-state index is 12.4. The van der Waals surface area contributed by atoms with Gasteiger partial charge in [-0.1, -0.05) is 30.3 Å². The van der Waals surface area contributed by atoms with Crippen molar-refractivity contribution >= 4 is 12.1 Å². The van der Waals surface area contributed by atoms with E-state index in [9.17, 15) is 9.59 Å². The zero-order valence-corrected chi connectivity index (χ0v) is 16.8. The number of amides is 3. The Morgan fingerprint density at radius 3 is 2.32 bits per heavy atom. The van der Waals surface area contributed by atoms with Gasteiger partial charge in [-0.2, -0.15) is 0 Å². The summed E-state index contributed by atoms with van der Waals surface area (Å²) in [5.74, 6) is 0. The Kier molecular flexibility index (Phi) is 7.54. The minimum Gasteiger partial charge on any atom is -0.450 e. The van der Waals surface area contributed by atoms with Crippen molar-refractivity contribution in [1.29, 1.82) is 0 Å². The number of nitrogens with one attached hydrogen (secondary N) is 1. The summed E-state index contributed by atoms with van der Waals surface area (Å²) < 4.78 is 5.09. The molecule has 1 N–H and O–H groups in total. The van der Waals surface area contributed by atoms with Crippen LogP contribution < -0.4 is 5.32 Å². The Morgan fingerprint density at radius 2 is 1.68 bits per heavy atom. The molecule has 7 heteroatoms. The van der Waals surface area contributed by atoms with Crippen LogP contribution in [0.15, 0.2) is 30.3 Å². The lowest BCUT2D eigenvalue weighted by Gasteiger charge is -2.42. The number of rotatable bonds is 5. The Hall–Kier alpha value is -2.28. The summed E-state index contributed by atoms with van der Waals surface area (Å²) in [7, 11) is 0. The van der Waals surface area contributed by atoms with Gasteiger partial charge < -0.3 is 19.9 Å². The van der Waals surface area contributed by atoms with Crippen LogP contribution in [0.5, 0.6) is 0 Å². The second-order valence-corrected chi connectivity index (χ2v) is 7.41. The number of carbonyl (C=O) groups excluding carboxylic acids is 2. The van der Waals surface area contributed by atoms with Crippen molar-refractivity contribution in [1.82, 2.24) is 20.0 Å². The SMILES string of the molecule is CCOC(=O)N1CCC(N2CCN(C(=O)NCCc3ccccc3)CC2)CC1. The van der Waals surface area contributed by atoms with Crippen LogP contribution in [0.4, 0.5) is 9.59 Å². The van der Waals surface area contributed by atoms with Crippen molar-refractivity contribution < 1.29 is 14.3 Å². The smallest absolute Gasteiger partial charge is 0.409 e. The largest absolute Gasteiger partial charge is 0.450 e. The van der Waals surface area contributed by atoms with E-state index >= 15 is 0 Å². The van der Waals surface area contributed by atoms with Crippen LogP contribution in [0, 0.1) is 0 Å². The first kappa shape index (κ1) is 20.5. The average molecular weight is 389 g/mol. The first-order valence-corrected chi connectivity index (χ1v) is 10.4. The monoisotopic (exact) mass is 388 g/mol. The van der Waals surface area contributed by atoms with Crippen LogP contribution in [0.1, 0.15) is 25.3 Å². The summed E-state index contributed by atoms with van der Waals surface area (Å²) in [4.78, 5) is 30.4. The van der Waals surface area contributed by atoms with E-state index in [1.807, 2.05) is 30.0 Å². The number of nitrogens with zero attached hydrogens (tertiary/aromatic N) is 3. The van der Waals surface area contributed by atoms with Gasteiger partial charge in [0, 0.05) is 51.9 Å². The van der Waals surface area contributed by atoms with Crippen LogP contribution in [0.25, 0.3) is 0 Å². The number of carbonyl (C=O) groups is 2. The lowest BCUT2D eigenvalue weighted by atomic mass is 10.0. The lowest BCUT2D eigenvalue weighted by Crippen LogP contribution is -2.56. The average Bonchev–Trinajstić information content (AvgIpc) is 2.75. The van der Waals surface area contributed by atoms with E-state index in [0.717, 1.165) is 58.5 Å². The summed E-state index contributed by atoms with van der Waals surface area (Å²) in [5, 5.41) is 3.04. The molecular formula is C21H32N4O3. The van der Waals surface area contributed by atoms with Crippen LogP contribution in [0.3, 0.4) is 0 Å². The molecular weight excluding hydrogens is 356 g/mol. The van der Waals surface area contributed by atoms with Gasteiger partial charge in [0.15, 0.2) is 0 Å². The first-order chi connectivity index (χ1) is 13.7. The molecule has 1 aromatic rings. The molecule has 7 nitrogen and oxygen atoms in total. The molecule has 0 unspecified atom stereocenters.